The van der Waals surface area contributed by atoms with Crippen LogP contribution in [0.1, 0.15) is 12.8 Å². The van der Waals surface area contributed by atoms with E-state index in [1.54, 1.807) is 0 Å². The van der Waals surface area contributed by atoms with E-state index in [0.29, 0.717) is 0 Å². The molecule has 1 N–H and O–H groups in total. The van der Waals surface area contributed by atoms with Crippen LogP contribution in [0, 0.1) is 0 Å². The summed E-state index contributed by atoms with van der Waals surface area (Å²) in [6.07, 6.45) is 3.89. The fourth-order valence-corrected chi connectivity index (χ4v) is 1.34. The third-order valence-corrected chi connectivity index (χ3v) is 2.19. The first-order valence-corrected chi connectivity index (χ1v) is 4.99. The highest BCUT2D eigenvalue weighted by Gasteiger charge is 2.17. The van der Waals surface area contributed by atoms with Gasteiger partial charge in [0.25, 0.3) is 0 Å². The van der Waals surface area contributed by atoms with Crippen LogP contribution >= 0.6 is 0 Å². The van der Waals surface area contributed by atoms with Crippen molar-refractivity contribution in [2.75, 3.05) is 13.7 Å². The van der Waals surface area contributed by atoms with Gasteiger partial charge in [-0.15, -0.1) is 0 Å². The lowest BCUT2D eigenvalue weighted by molar-refractivity contribution is -0.139. The molecule has 1 fully saturated rings. The molecule has 1 saturated heterocycles. The molecule has 0 aromatic heterocycles. The van der Waals surface area contributed by atoms with Gasteiger partial charge in [-0.1, -0.05) is 6.58 Å². The predicted octanol–water partition coefficient (Wildman–Crippen LogP) is 0.524. The molecule has 88 valence electrons. The van der Waals surface area contributed by atoms with Crippen molar-refractivity contribution < 1.29 is 19.1 Å². The molecule has 0 spiro atoms. The lowest BCUT2D eigenvalue weighted by atomic mass is 10.2. The summed E-state index contributed by atoms with van der Waals surface area (Å²) in [6.45, 7) is 4.06. The number of esters is 2. The highest BCUT2D eigenvalue weighted by Crippen LogP contribution is 2.13. The van der Waals surface area contributed by atoms with Gasteiger partial charge < -0.3 is 14.8 Å². The molecule has 0 amide bonds. The zero-order chi connectivity index (χ0) is 12.0. The van der Waals surface area contributed by atoms with E-state index in [-0.39, 0.29) is 12.6 Å². The minimum absolute atomic E-state index is 0.128. The fourth-order valence-electron chi connectivity index (χ4n) is 1.34. The van der Waals surface area contributed by atoms with Crippen LogP contribution in [0.3, 0.4) is 0 Å². The van der Waals surface area contributed by atoms with Gasteiger partial charge in [-0.3, -0.25) is 0 Å². The largest absolute Gasteiger partial charge is 0.466 e. The summed E-state index contributed by atoms with van der Waals surface area (Å²) < 4.78 is 9.27. The number of hydrogen-bond acceptors (Lipinski definition) is 5. The maximum absolute atomic E-state index is 11.1. The summed E-state index contributed by atoms with van der Waals surface area (Å²) in [5.41, 5.74) is 0.964. The normalized spacial score (nSPS) is 19.6. The Morgan fingerprint density at radius 2 is 2.19 bits per heavy atom. The smallest absolute Gasteiger partial charge is 0.331 e. The van der Waals surface area contributed by atoms with Crippen LogP contribution in [-0.4, -0.2) is 31.7 Å². The molecule has 0 aromatic carbocycles. The van der Waals surface area contributed by atoms with E-state index < -0.39 is 11.9 Å². The van der Waals surface area contributed by atoms with E-state index in [1.807, 2.05) is 0 Å². The van der Waals surface area contributed by atoms with Crippen molar-refractivity contribution in [3.63, 3.8) is 0 Å². The summed E-state index contributed by atoms with van der Waals surface area (Å²) in [5, 5.41) is 3.10. The van der Waals surface area contributed by atoms with Crippen LogP contribution in [0.2, 0.25) is 0 Å². The fraction of sp³-hybridized carbons (Fsp3) is 0.455. The lowest BCUT2D eigenvalue weighted by Gasteiger charge is -2.10. The van der Waals surface area contributed by atoms with Crippen LogP contribution in [0.25, 0.3) is 0 Å². The lowest BCUT2D eigenvalue weighted by Crippen LogP contribution is -2.26. The molecule has 0 aromatic rings. The first-order valence-electron chi connectivity index (χ1n) is 4.99. The van der Waals surface area contributed by atoms with Crippen molar-refractivity contribution in [3.05, 3.63) is 24.4 Å². The van der Waals surface area contributed by atoms with E-state index in [9.17, 15) is 9.59 Å². The van der Waals surface area contributed by atoms with Crippen molar-refractivity contribution in [3.8, 4) is 0 Å². The van der Waals surface area contributed by atoms with Gasteiger partial charge in [-0.2, -0.15) is 0 Å². The Hall–Kier alpha value is -1.78. The van der Waals surface area contributed by atoms with Gasteiger partial charge in [0, 0.05) is 17.8 Å². The highest BCUT2D eigenvalue weighted by molar-refractivity contribution is 5.91. The summed E-state index contributed by atoms with van der Waals surface area (Å²) >= 11 is 0. The van der Waals surface area contributed by atoms with Gasteiger partial charge in [0.2, 0.25) is 0 Å². The van der Waals surface area contributed by atoms with Crippen LogP contribution in [0.15, 0.2) is 24.4 Å². The Labute approximate surface area is 94.1 Å². The minimum Gasteiger partial charge on any atom is -0.466 e. The number of nitrogens with one attached hydrogen (secondary N) is 1. The molecule has 1 heterocycles. The molecule has 5 heteroatoms. The number of carbonyl (C=O) groups excluding carboxylic acids is 2. The van der Waals surface area contributed by atoms with Crippen molar-refractivity contribution >= 4 is 11.9 Å². The first kappa shape index (κ1) is 12.3. The van der Waals surface area contributed by atoms with Gasteiger partial charge in [0.15, 0.2) is 0 Å². The van der Waals surface area contributed by atoms with E-state index in [4.69, 9.17) is 4.74 Å². The highest BCUT2D eigenvalue weighted by atomic mass is 16.5. The molecule has 1 aliphatic heterocycles. The Morgan fingerprint density at radius 3 is 2.75 bits per heavy atom. The topological polar surface area (TPSA) is 64.6 Å². The van der Waals surface area contributed by atoms with E-state index in [0.717, 1.165) is 30.7 Å². The van der Waals surface area contributed by atoms with E-state index >= 15 is 0 Å². The second-order valence-corrected chi connectivity index (χ2v) is 3.47. The average Bonchev–Trinajstić information content (AvgIpc) is 2.69. The molecule has 1 atom stereocenters. The Balaban J connectivity index is 2.22. The van der Waals surface area contributed by atoms with E-state index in [2.05, 4.69) is 16.6 Å². The minimum atomic E-state index is -0.579. The van der Waals surface area contributed by atoms with Crippen LogP contribution in [-0.2, 0) is 19.1 Å². The molecule has 0 bridgehead atoms. The van der Waals surface area contributed by atoms with E-state index in [1.165, 1.54) is 7.11 Å². The summed E-state index contributed by atoms with van der Waals surface area (Å²) in [6, 6.07) is 0.128. The Bertz CT molecular complexity index is 322. The Kier molecular flexibility index (Phi) is 4.57. The summed E-state index contributed by atoms with van der Waals surface area (Å²) in [4.78, 5) is 21.8. The van der Waals surface area contributed by atoms with Gasteiger partial charge >= 0.3 is 11.9 Å². The number of hydrogen-bond donors (Lipinski definition) is 1. The predicted molar refractivity (Wildman–Crippen MR) is 57.4 cm³/mol. The molecular weight excluding hydrogens is 210 g/mol. The number of rotatable bonds is 4. The quantitative estimate of drug-likeness (QED) is 0.558. The third-order valence-electron chi connectivity index (χ3n) is 2.19. The first-order chi connectivity index (χ1) is 7.61. The number of allylic oxidation sites excluding steroid dienone is 1. The average molecular weight is 225 g/mol. The van der Waals surface area contributed by atoms with Crippen LogP contribution < -0.4 is 5.32 Å². The van der Waals surface area contributed by atoms with Crippen molar-refractivity contribution in [2.45, 2.75) is 18.9 Å². The van der Waals surface area contributed by atoms with Crippen molar-refractivity contribution in [1.29, 1.82) is 0 Å². The Morgan fingerprint density at radius 1 is 1.50 bits per heavy atom. The zero-order valence-electron chi connectivity index (χ0n) is 9.19. The molecule has 0 saturated carbocycles. The zero-order valence-corrected chi connectivity index (χ0v) is 9.19. The molecular formula is C11H15NO4. The maximum atomic E-state index is 11.1. The second-order valence-electron chi connectivity index (χ2n) is 3.47. The second kappa shape index (κ2) is 5.95. The molecule has 0 unspecified atom stereocenters. The van der Waals surface area contributed by atoms with Crippen LogP contribution in [0.4, 0.5) is 0 Å². The van der Waals surface area contributed by atoms with Gasteiger partial charge in [0.1, 0.15) is 6.61 Å². The molecule has 0 radical (unpaired) electrons. The molecule has 1 rings (SSSR count). The van der Waals surface area contributed by atoms with Crippen molar-refractivity contribution in [1.82, 2.24) is 5.32 Å². The standard InChI is InChI=1S/C11H15NO4/c1-8-3-4-9(12-8)7-16-11(14)6-5-10(13)15-2/h5-6,9,12H,1,3-4,7H2,2H3/b6-5+/t9-/m0/s1. The molecule has 5 nitrogen and oxygen atoms in total. The number of ether oxygens (including phenoxy) is 2. The van der Waals surface area contributed by atoms with Gasteiger partial charge in [-0.05, 0) is 12.8 Å². The monoisotopic (exact) mass is 225 g/mol. The SMILES string of the molecule is C=C1CC[C@@H](COC(=O)/C=C/C(=O)OC)N1. The molecule has 16 heavy (non-hydrogen) atoms. The maximum Gasteiger partial charge on any atom is 0.331 e. The third kappa shape index (κ3) is 4.16. The number of methoxy groups -OCH3 is 1. The summed E-state index contributed by atoms with van der Waals surface area (Å²) in [7, 11) is 1.24. The van der Waals surface area contributed by atoms with Gasteiger partial charge in [-0.25, -0.2) is 9.59 Å². The van der Waals surface area contributed by atoms with Crippen molar-refractivity contribution in [2.24, 2.45) is 0 Å². The van der Waals surface area contributed by atoms with Gasteiger partial charge in [0.05, 0.1) is 13.2 Å². The number of carbonyl (C=O) groups is 2. The summed E-state index contributed by atoms with van der Waals surface area (Å²) in [5.74, 6) is -1.13. The van der Waals surface area contributed by atoms with Crippen LogP contribution in [0.5, 0.6) is 0 Å². The molecule has 0 aliphatic carbocycles. The molecule has 1 aliphatic rings.